The molecule has 0 heterocycles. The Morgan fingerprint density at radius 2 is 2.33 bits per heavy atom. The molecule has 0 saturated heterocycles. The molecule has 0 aliphatic carbocycles. The van der Waals surface area contributed by atoms with Crippen molar-refractivity contribution in [1.29, 1.82) is 0 Å². The average molecular weight is 132 g/mol. The minimum atomic E-state index is -0.712. The van der Waals surface area contributed by atoms with E-state index in [0.29, 0.717) is 6.54 Å². The minimum Gasteiger partial charge on any atom is -0.389 e. The summed E-state index contributed by atoms with van der Waals surface area (Å²) in [6.07, 6.45) is 0.322. The van der Waals surface area contributed by atoms with E-state index in [0.717, 1.165) is 13.0 Å². The molecular formula is C6H14NO2. The van der Waals surface area contributed by atoms with E-state index in [4.69, 9.17) is 5.11 Å². The average Bonchev–Trinajstić information content (AvgIpc) is 1.89. The maximum absolute atomic E-state index is 9.93. The minimum absolute atomic E-state index is 0.406. The fourth-order valence-electron chi connectivity index (χ4n) is 0.504. The van der Waals surface area contributed by atoms with Crippen LogP contribution in [0.1, 0.15) is 13.3 Å². The van der Waals surface area contributed by atoms with Crippen LogP contribution < -0.4 is 5.32 Å². The Bertz CT molecular complexity index is 59.0. The molecule has 0 amide bonds. The van der Waals surface area contributed by atoms with Crippen molar-refractivity contribution >= 4 is 0 Å². The van der Waals surface area contributed by atoms with Crippen LogP contribution in [0.15, 0.2) is 0 Å². The number of hydrogen-bond donors (Lipinski definition) is 2. The number of hydrogen-bond acceptors (Lipinski definition) is 2. The summed E-state index contributed by atoms with van der Waals surface area (Å²) in [5.74, 6) is 0. The Morgan fingerprint density at radius 1 is 1.67 bits per heavy atom. The van der Waals surface area contributed by atoms with Gasteiger partial charge in [0.25, 0.3) is 0 Å². The molecule has 0 aromatic rings. The van der Waals surface area contributed by atoms with Crippen LogP contribution in [-0.4, -0.2) is 30.9 Å². The Kier molecular flexibility index (Phi) is 5.93. The van der Waals surface area contributed by atoms with E-state index in [1.165, 1.54) is 0 Å². The Morgan fingerprint density at radius 3 is 2.78 bits per heavy atom. The molecule has 9 heavy (non-hydrogen) atoms. The second kappa shape index (κ2) is 6.01. The molecule has 0 rings (SSSR count). The second-order valence-corrected chi connectivity index (χ2v) is 2.02. The van der Waals surface area contributed by atoms with Gasteiger partial charge in [-0.1, -0.05) is 6.92 Å². The summed E-state index contributed by atoms with van der Waals surface area (Å²) < 4.78 is 0. The Labute approximate surface area is 55.7 Å². The maximum atomic E-state index is 9.93. The van der Waals surface area contributed by atoms with Crippen LogP contribution in [0.25, 0.3) is 0 Å². The zero-order chi connectivity index (χ0) is 7.11. The lowest BCUT2D eigenvalue weighted by atomic mass is 10.3. The summed E-state index contributed by atoms with van der Waals surface area (Å²) in [5, 5.41) is 21.6. The first kappa shape index (κ1) is 8.88. The molecule has 0 aliphatic heterocycles. The molecule has 0 saturated carbocycles. The first-order valence-electron chi connectivity index (χ1n) is 3.28. The van der Waals surface area contributed by atoms with Crippen LogP contribution in [0, 0.1) is 0 Å². The van der Waals surface area contributed by atoms with E-state index >= 15 is 0 Å². The topological polar surface area (TPSA) is 52.2 Å². The maximum Gasteiger partial charge on any atom is 0.109 e. The smallest absolute Gasteiger partial charge is 0.109 e. The first-order chi connectivity index (χ1) is 4.31. The third-order valence-corrected chi connectivity index (χ3v) is 0.999. The molecule has 3 heteroatoms. The van der Waals surface area contributed by atoms with Crippen LogP contribution in [0.5, 0.6) is 0 Å². The molecule has 55 valence electrons. The third-order valence-electron chi connectivity index (χ3n) is 0.999. The number of rotatable bonds is 5. The van der Waals surface area contributed by atoms with Gasteiger partial charge in [0.15, 0.2) is 0 Å². The normalized spacial score (nSPS) is 13.7. The highest BCUT2D eigenvalue weighted by Gasteiger charge is 1.99. The molecule has 0 spiro atoms. The standard InChI is InChI=1S/C6H14NO2/c1-2-3-7-4-6(9)5-8/h6-7,9H,2-5H2,1H3. The van der Waals surface area contributed by atoms with Crippen molar-refractivity contribution in [1.82, 2.24) is 5.32 Å². The highest BCUT2D eigenvalue weighted by atomic mass is 16.3. The highest BCUT2D eigenvalue weighted by molar-refractivity contribution is 4.55. The van der Waals surface area contributed by atoms with Crippen molar-refractivity contribution < 1.29 is 10.2 Å². The molecule has 0 fully saturated rings. The molecule has 2 N–H and O–H groups in total. The highest BCUT2D eigenvalue weighted by Crippen LogP contribution is 1.77. The van der Waals surface area contributed by atoms with Crippen molar-refractivity contribution in [2.75, 3.05) is 19.7 Å². The van der Waals surface area contributed by atoms with Gasteiger partial charge < -0.3 is 10.4 Å². The quantitative estimate of drug-likeness (QED) is 0.508. The van der Waals surface area contributed by atoms with Gasteiger partial charge in [0.1, 0.15) is 6.61 Å². The molecule has 3 nitrogen and oxygen atoms in total. The largest absolute Gasteiger partial charge is 0.389 e. The molecule has 0 aliphatic rings. The molecule has 0 bridgehead atoms. The van der Waals surface area contributed by atoms with Crippen molar-refractivity contribution in [3.63, 3.8) is 0 Å². The monoisotopic (exact) mass is 132 g/mol. The van der Waals surface area contributed by atoms with Crippen molar-refractivity contribution in [2.24, 2.45) is 0 Å². The van der Waals surface area contributed by atoms with Crippen molar-refractivity contribution in [3.05, 3.63) is 0 Å². The molecule has 1 atom stereocenters. The summed E-state index contributed by atoms with van der Waals surface area (Å²) in [6.45, 7) is 2.93. The summed E-state index contributed by atoms with van der Waals surface area (Å²) >= 11 is 0. The molecular weight excluding hydrogens is 118 g/mol. The van der Waals surface area contributed by atoms with Gasteiger partial charge >= 0.3 is 0 Å². The fraction of sp³-hybridized carbons (Fsp3) is 1.00. The first-order valence-corrected chi connectivity index (χ1v) is 3.28. The van der Waals surface area contributed by atoms with Crippen LogP contribution in [0.3, 0.4) is 0 Å². The van der Waals surface area contributed by atoms with E-state index in [-0.39, 0.29) is 0 Å². The van der Waals surface area contributed by atoms with E-state index in [9.17, 15) is 5.11 Å². The van der Waals surface area contributed by atoms with Gasteiger partial charge in [0, 0.05) is 6.54 Å². The summed E-state index contributed by atoms with van der Waals surface area (Å²) in [6, 6.07) is 0. The van der Waals surface area contributed by atoms with E-state index in [2.05, 4.69) is 5.32 Å². The van der Waals surface area contributed by atoms with Crippen LogP contribution >= 0.6 is 0 Å². The fourth-order valence-corrected chi connectivity index (χ4v) is 0.504. The summed E-state index contributed by atoms with van der Waals surface area (Å²) in [5.41, 5.74) is 0. The van der Waals surface area contributed by atoms with Gasteiger partial charge in [-0.2, -0.15) is 0 Å². The molecule has 1 radical (unpaired) electrons. The van der Waals surface area contributed by atoms with Gasteiger partial charge in [0.2, 0.25) is 0 Å². The van der Waals surface area contributed by atoms with Crippen LogP contribution in [-0.2, 0) is 5.11 Å². The van der Waals surface area contributed by atoms with Gasteiger partial charge in [-0.3, -0.25) is 0 Å². The van der Waals surface area contributed by atoms with Crippen molar-refractivity contribution in [2.45, 2.75) is 19.4 Å². The number of aliphatic hydroxyl groups is 1. The van der Waals surface area contributed by atoms with Crippen LogP contribution in [0.2, 0.25) is 0 Å². The van der Waals surface area contributed by atoms with E-state index in [1.807, 2.05) is 6.92 Å². The van der Waals surface area contributed by atoms with Gasteiger partial charge in [0.05, 0.1) is 6.10 Å². The zero-order valence-corrected chi connectivity index (χ0v) is 5.76. The lowest BCUT2D eigenvalue weighted by Gasteiger charge is -2.05. The summed E-state index contributed by atoms with van der Waals surface area (Å²) in [4.78, 5) is 0. The van der Waals surface area contributed by atoms with E-state index < -0.39 is 12.7 Å². The second-order valence-electron chi connectivity index (χ2n) is 2.02. The number of aliphatic hydroxyl groups excluding tert-OH is 1. The van der Waals surface area contributed by atoms with Gasteiger partial charge in [-0.05, 0) is 13.0 Å². The lowest BCUT2D eigenvalue weighted by Crippen LogP contribution is -2.29. The molecule has 0 aromatic heterocycles. The Balaban J connectivity index is 2.88. The van der Waals surface area contributed by atoms with Crippen LogP contribution in [0.4, 0.5) is 0 Å². The molecule has 0 aromatic carbocycles. The SMILES string of the molecule is CCCNCC(O)C[O]. The van der Waals surface area contributed by atoms with Crippen molar-refractivity contribution in [3.8, 4) is 0 Å². The Hall–Kier alpha value is -0.120. The zero-order valence-electron chi connectivity index (χ0n) is 5.76. The predicted molar refractivity (Wildman–Crippen MR) is 34.7 cm³/mol. The third kappa shape index (κ3) is 5.76. The number of nitrogens with one attached hydrogen (secondary N) is 1. The van der Waals surface area contributed by atoms with Gasteiger partial charge in [-0.25, -0.2) is 5.11 Å². The van der Waals surface area contributed by atoms with Gasteiger partial charge in [-0.15, -0.1) is 0 Å². The molecule has 1 unspecified atom stereocenters. The lowest BCUT2D eigenvalue weighted by molar-refractivity contribution is 0.0556. The summed E-state index contributed by atoms with van der Waals surface area (Å²) in [7, 11) is 0. The predicted octanol–water partition coefficient (Wildman–Crippen LogP) is -0.223. The van der Waals surface area contributed by atoms with E-state index in [1.54, 1.807) is 0 Å².